The fourth-order valence-electron chi connectivity index (χ4n) is 3.24. The Labute approximate surface area is 148 Å². The fraction of sp³-hybridized carbons (Fsp3) is 0.316. The number of benzene rings is 2. The van der Waals surface area contributed by atoms with Crippen LogP contribution in [0.2, 0.25) is 0 Å². The molecular weight excluding hydrogens is 348 g/mol. The van der Waals surface area contributed by atoms with Crippen molar-refractivity contribution in [1.82, 2.24) is 0 Å². The molecule has 3 rings (SSSR count). The van der Waals surface area contributed by atoms with Crippen LogP contribution in [0, 0.1) is 17.1 Å². The highest BCUT2D eigenvalue weighted by molar-refractivity contribution is 5.49. The number of ether oxygens (including phenoxy) is 1. The molecule has 0 N–H and O–H groups in total. The lowest BCUT2D eigenvalue weighted by molar-refractivity contribution is -0.274. The number of piperidine rings is 1. The first-order valence-corrected chi connectivity index (χ1v) is 8.16. The Morgan fingerprint density at radius 3 is 2.23 bits per heavy atom. The summed E-state index contributed by atoms with van der Waals surface area (Å²) in [7, 11) is 0. The second-order valence-corrected chi connectivity index (χ2v) is 6.15. The van der Waals surface area contributed by atoms with E-state index in [9.17, 15) is 17.6 Å². The van der Waals surface area contributed by atoms with E-state index in [0.29, 0.717) is 24.2 Å². The quantitative estimate of drug-likeness (QED) is 0.721. The van der Waals surface area contributed by atoms with E-state index in [1.807, 2.05) is 6.07 Å². The van der Waals surface area contributed by atoms with Crippen LogP contribution in [0.25, 0.3) is 0 Å². The molecule has 0 amide bonds. The van der Waals surface area contributed by atoms with Crippen molar-refractivity contribution < 1.29 is 22.3 Å². The Kier molecular flexibility index (Phi) is 5.03. The smallest absolute Gasteiger partial charge is 0.406 e. The van der Waals surface area contributed by atoms with Gasteiger partial charge in [0.15, 0.2) is 0 Å². The van der Waals surface area contributed by atoms with Crippen LogP contribution in [0.5, 0.6) is 5.75 Å². The number of hydrogen-bond acceptors (Lipinski definition) is 3. The van der Waals surface area contributed by atoms with E-state index in [0.717, 1.165) is 18.5 Å². The Balaban J connectivity index is 1.63. The Hall–Kier alpha value is -2.75. The van der Waals surface area contributed by atoms with Gasteiger partial charge < -0.3 is 9.64 Å². The summed E-state index contributed by atoms with van der Waals surface area (Å²) in [5, 5.41) is 8.81. The number of hydrogen-bond donors (Lipinski definition) is 0. The number of alkyl halides is 3. The minimum Gasteiger partial charge on any atom is -0.406 e. The normalized spacial score (nSPS) is 15.6. The van der Waals surface area contributed by atoms with Crippen LogP contribution in [0.15, 0.2) is 42.5 Å². The molecule has 26 heavy (non-hydrogen) atoms. The van der Waals surface area contributed by atoms with E-state index in [-0.39, 0.29) is 17.5 Å². The highest BCUT2D eigenvalue weighted by Crippen LogP contribution is 2.33. The largest absolute Gasteiger partial charge is 0.573 e. The number of halogens is 4. The molecule has 3 nitrogen and oxygen atoms in total. The third-order valence-corrected chi connectivity index (χ3v) is 4.50. The van der Waals surface area contributed by atoms with Gasteiger partial charge >= 0.3 is 6.36 Å². The van der Waals surface area contributed by atoms with E-state index in [2.05, 4.69) is 9.64 Å². The minimum absolute atomic E-state index is 0.0619. The molecule has 0 bridgehead atoms. The van der Waals surface area contributed by atoms with Gasteiger partial charge in [-0.2, -0.15) is 5.26 Å². The molecule has 2 aromatic rings. The van der Waals surface area contributed by atoms with Crippen molar-refractivity contribution in [3.63, 3.8) is 0 Å². The second kappa shape index (κ2) is 7.24. The van der Waals surface area contributed by atoms with Crippen LogP contribution >= 0.6 is 0 Å². The maximum Gasteiger partial charge on any atom is 0.573 e. The maximum atomic E-state index is 14.2. The monoisotopic (exact) mass is 364 g/mol. The maximum absolute atomic E-state index is 14.2. The van der Waals surface area contributed by atoms with Crippen molar-refractivity contribution in [2.75, 3.05) is 18.0 Å². The Bertz CT molecular complexity index is 804. The Morgan fingerprint density at radius 2 is 1.69 bits per heavy atom. The zero-order valence-electron chi connectivity index (χ0n) is 13.8. The van der Waals surface area contributed by atoms with Gasteiger partial charge in [0.1, 0.15) is 11.6 Å². The predicted molar refractivity (Wildman–Crippen MR) is 88.4 cm³/mol. The molecule has 7 heteroatoms. The lowest BCUT2D eigenvalue weighted by Gasteiger charge is -2.34. The summed E-state index contributed by atoms with van der Waals surface area (Å²) >= 11 is 0. The average Bonchev–Trinajstić information content (AvgIpc) is 2.61. The molecule has 0 atom stereocenters. The van der Waals surface area contributed by atoms with Crippen molar-refractivity contribution >= 4 is 5.69 Å². The summed E-state index contributed by atoms with van der Waals surface area (Å²) in [6.45, 7) is 1.34. The lowest BCUT2D eigenvalue weighted by atomic mass is 9.88. The molecule has 136 valence electrons. The van der Waals surface area contributed by atoms with Crippen LogP contribution < -0.4 is 9.64 Å². The number of rotatable bonds is 3. The zero-order chi connectivity index (χ0) is 18.7. The molecule has 1 heterocycles. The standard InChI is InChI=1S/C19H16F4N2O/c20-18-11-13(12-24)1-6-17(18)14-7-9-25(10-8-14)15-2-4-16(5-3-15)26-19(21,22)23/h1-6,11,14H,7-10H2. The first-order valence-electron chi connectivity index (χ1n) is 8.16. The van der Waals surface area contributed by atoms with E-state index in [1.54, 1.807) is 24.3 Å². The molecule has 1 aliphatic rings. The molecule has 0 radical (unpaired) electrons. The molecular formula is C19H16F4N2O. The van der Waals surface area contributed by atoms with Gasteiger partial charge in [0.05, 0.1) is 11.6 Å². The Morgan fingerprint density at radius 1 is 1.04 bits per heavy atom. The highest BCUT2D eigenvalue weighted by Gasteiger charge is 2.31. The number of anilines is 1. The fourth-order valence-corrected chi connectivity index (χ4v) is 3.24. The van der Waals surface area contributed by atoms with E-state index < -0.39 is 6.36 Å². The molecule has 0 spiro atoms. The second-order valence-electron chi connectivity index (χ2n) is 6.15. The first-order chi connectivity index (χ1) is 12.4. The van der Waals surface area contributed by atoms with E-state index in [4.69, 9.17) is 5.26 Å². The van der Waals surface area contributed by atoms with Crippen molar-refractivity contribution in [3.05, 3.63) is 59.4 Å². The van der Waals surface area contributed by atoms with Gasteiger partial charge in [0.2, 0.25) is 0 Å². The summed E-state index contributed by atoms with van der Waals surface area (Å²) in [4.78, 5) is 2.05. The molecule has 0 aromatic heterocycles. The van der Waals surface area contributed by atoms with Gasteiger partial charge in [-0.05, 0) is 60.7 Å². The minimum atomic E-state index is -4.70. The third kappa shape index (κ3) is 4.26. The summed E-state index contributed by atoms with van der Waals surface area (Å²) in [6.07, 6.45) is -3.25. The van der Waals surface area contributed by atoms with E-state index >= 15 is 0 Å². The zero-order valence-corrected chi connectivity index (χ0v) is 13.8. The van der Waals surface area contributed by atoms with Gasteiger partial charge in [0, 0.05) is 18.8 Å². The highest BCUT2D eigenvalue weighted by atomic mass is 19.4. The summed E-state index contributed by atoms with van der Waals surface area (Å²) < 4.78 is 54.6. The molecule has 2 aromatic carbocycles. The SMILES string of the molecule is N#Cc1ccc(C2CCN(c3ccc(OC(F)(F)F)cc3)CC2)c(F)c1. The molecule has 0 unspecified atom stereocenters. The van der Waals surface area contributed by atoms with Gasteiger partial charge in [-0.1, -0.05) is 6.07 Å². The van der Waals surface area contributed by atoms with E-state index in [1.165, 1.54) is 18.2 Å². The topological polar surface area (TPSA) is 36.3 Å². The summed E-state index contributed by atoms with van der Waals surface area (Å²) in [5.74, 6) is -0.557. The van der Waals surface area contributed by atoms with Crippen molar-refractivity contribution in [2.24, 2.45) is 0 Å². The molecule has 1 saturated heterocycles. The van der Waals surface area contributed by atoms with Gasteiger partial charge in [-0.3, -0.25) is 0 Å². The molecule has 1 aliphatic heterocycles. The van der Waals surface area contributed by atoms with Gasteiger partial charge in [-0.25, -0.2) is 4.39 Å². The molecule has 1 fully saturated rings. The van der Waals surface area contributed by atoms with Crippen molar-refractivity contribution in [1.29, 1.82) is 5.26 Å². The van der Waals surface area contributed by atoms with Crippen LogP contribution in [0.3, 0.4) is 0 Å². The number of nitrogens with zero attached hydrogens (tertiary/aromatic N) is 2. The van der Waals surface area contributed by atoms with Crippen molar-refractivity contribution in [3.8, 4) is 11.8 Å². The van der Waals surface area contributed by atoms with Crippen LogP contribution in [0.4, 0.5) is 23.2 Å². The first kappa shape index (κ1) is 18.1. The van der Waals surface area contributed by atoms with Crippen LogP contribution in [0.1, 0.15) is 29.9 Å². The summed E-state index contributed by atoms with van der Waals surface area (Å²) in [5.41, 5.74) is 1.71. The molecule has 0 saturated carbocycles. The lowest BCUT2D eigenvalue weighted by Crippen LogP contribution is -2.33. The molecule has 0 aliphatic carbocycles. The predicted octanol–water partition coefficient (Wildman–Crippen LogP) is 4.98. The third-order valence-electron chi connectivity index (χ3n) is 4.50. The van der Waals surface area contributed by atoms with Crippen molar-refractivity contribution in [2.45, 2.75) is 25.1 Å². The summed E-state index contributed by atoms with van der Waals surface area (Å²) in [6, 6.07) is 12.2. The van der Waals surface area contributed by atoms with Crippen LogP contribution in [-0.2, 0) is 0 Å². The van der Waals surface area contributed by atoms with Gasteiger partial charge in [0.25, 0.3) is 0 Å². The number of nitriles is 1. The average molecular weight is 364 g/mol. The van der Waals surface area contributed by atoms with Gasteiger partial charge in [-0.15, -0.1) is 13.2 Å². The van der Waals surface area contributed by atoms with Crippen LogP contribution in [-0.4, -0.2) is 19.5 Å².